The van der Waals surface area contributed by atoms with Crippen LogP contribution in [0.3, 0.4) is 0 Å². The Morgan fingerprint density at radius 3 is 2.56 bits per heavy atom. The molecular formula is C18H14ClN3O3. The van der Waals surface area contributed by atoms with Gasteiger partial charge in [0.25, 0.3) is 5.91 Å². The Balaban J connectivity index is 2.06. The molecule has 1 aromatic heterocycles. The van der Waals surface area contributed by atoms with E-state index in [9.17, 15) is 9.59 Å². The Bertz CT molecular complexity index is 922. The van der Waals surface area contributed by atoms with Gasteiger partial charge in [0.15, 0.2) is 0 Å². The summed E-state index contributed by atoms with van der Waals surface area (Å²) in [5.74, 6) is -1.63. The molecule has 6 nitrogen and oxygen atoms in total. The van der Waals surface area contributed by atoms with Crippen molar-refractivity contribution in [1.82, 2.24) is 15.1 Å². The van der Waals surface area contributed by atoms with Gasteiger partial charge in [-0.05, 0) is 24.3 Å². The SMILES string of the molecule is O=C(O)CNC(=O)c1cn(-c2ccccc2)nc1-c1cccc(Cl)c1. The van der Waals surface area contributed by atoms with Gasteiger partial charge in [-0.3, -0.25) is 9.59 Å². The van der Waals surface area contributed by atoms with E-state index in [1.807, 2.05) is 30.3 Å². The third kappa shape index (κ3) is 3.87. The van der Waals surface area contributed by atoms with Crippen LogP contribution in [0.25, 0.3) is 16.9 Å². The zero-order chi connectivity index (χ0) is 17.8. The topological polar surface area (TPSA) is 84.2 Å². The Morgan fingerprint density at radius 1 is 1.12 bits per heavy atom. The maximum absolute atomic E-state index is 12.4. The maximum atomic E-state index is 12.4. The normalized spacial score (nSPS) is 10.4. The van der Waals surface area contributed by atoms with Gasteiger partial charge in [-0.15, -0.1) is 0 Å². The number of para-hydroxylation sites is 1. The first-order valence-electron chi connectivity index (χ1n) is 7.45. The average Bonchev–Trinajstić information content (AvgIpc) is 3.06. The molecule has 0 radical (unpaired) electrons. The molecule has 2 N–H and O–H groups in total. The van der Waals surface area contributed by atoms with Crippen LogP contribution in [0.4, 0.5) is 0 Å². The van der Waals surface area contributed by atoms with E-state index in [1.54, 1.807) is 35.1 Å². The summed E-state index contributed by atoms with van der Waals surface area (Å²) in [7, 11) is 0. The maximum Gasteiger partial charge on any atom is 0.322 e. The first kappa shape index (κ1) is 16.7. The zero-order valence-electron chi connectivity index (χ0n) is 13.0. The van der Waals surface area contributed by atoms with Crippen LogP contribution >= 0.6 is 11.6 Å². The molecule has 25 heavy (non-hydrogen) atoms. The van der Waals surface area contributed by atoms with E-state index in [4.69, 9.17) is 16.7 Å². The van der Waals surface area contributed by atoms with Crippen molar-refractivity contribution in [2.75, 3.05) is 6.54 Å². The van der Waals surface area contributed by atoms with Gasteiger partial charge < -0.3 is 10.4 Å². The van der Waals surface area contributed by atoms with E-state index in [0.717, 1.165) is 5.69 Å². The largest absolute Gasteiger partial charge is 0.480 e. The molecule has 3 rings (SSSR count). The standard InChI is InChI=1S/C18H14ClN3O3/c19-13-6-4-5-12(9-13)17-15(18(25)20-10-16(23)24)11-22(21-17)14-7-2-1-3-8-14/h1-9,11H,10H2,(H,20,25)(H,23,24). The van der Waals surface area contributed by atoms with Crippen molar-refractivity contribution >= 4 is 23.5 Å². The molecule has 0 aliphatic carbocycles. The molecule has 0 aliphatic rings. The highest BCUT2D eigenvalue weighted by Gasteiger charge is 2.19. The minimum Gasteiger partial charge on any atom is -0.480 e. The number of hydrogen-bond donors (Lipinski definition) is 2. The second-order valence-electron chi connectivity index (χ2n) is 5.26. The number of carboxylic acids is 1. The molecule has 0 spiro atoms. The highest BCUT2D eigenvalue weighted by Crippen LogP contribution is 2.26. The summed E-state index contributed by atoms with van der Waals surface area (Å²) in [5.41, 5.74) is 2.15. The molecule has 126 valence electrons. The number of nitrogens with zero attached hydrogens (tertiary/aromatic N) is 2. The first-order valence-corrected chi connectivity index (χ1v) is 7.83. The van der Waals surface area contributed by atoms with Crippen LogP contribution in [0.15, 0.2) is 60.8 Å². The number of carboxylic acid groups (broad SMARTS) is 1. The molecule has 0 saturated carbocycles. The summed E-state index contributed by atoms with van der Waals surface area (Å²) < 4.78 is 1.58. The molecule has 1 amide bonds. The van der Waals surface area contributed by atoms with E-state index >= 15 is 0 Å². The Labute approximate surface area is 148 Å². The van der Waals surface area contributed by atoms with E-state index in [2.05, 4.69) is 10.4 Å². The van der Waals surface area contributed by atoms with Crippen LogP contribution < -0.4 is 5.32 Å². The fourth-order valence-electron chi connectivity index (χ4n) is 2.35. The summed E-state index contributed by atoms with van der Waals surface area (Å²) >= 11 is 6.04. The highest BCUT2D eigenvalue weighted by atomic mass is 35.5. The fourth-order valence-corrected chi connectivity index (χ4v) is 2.54. The van der Waals surface area contributed by atoms with Crippen LogP contribution in [0, 0.1) is 0 Å². The lowest BCUT2D eigenvalue weighted by molar-refractivity contribution is -0.135. The van der Waals surface area contributed by atoms with Gasteiger partial charge in [0.2, 0.25) is 0 Å². The molecule has 2 aromatic carbocycles. The van der Waals surface area contributed by atoms with Crippen molar-refractivity contribution in [3.63, 3.8) is 0 Å². The lowest BCUT2D eigenvalue weighted by atomic mass is 10.1. The summed E-state index contributed by atoms with van der Waals surface area (Å²) in [6, 6.07) is 16.3. The van der Waals surface area contributed by atoms with Crippen molar-refractivity contribution in [2.45, 2.75) is 0 Å². The molecule has 3 aromatic rings. The number of aromatic nitrogens is 2. The van der Waals surface area contributed by atoms with Crippen LogP contribution in [-0.2, 0) is 4.79 Å². The first-order chi connectivity index (χ1) is 12.0. The van der Waals surface area contributed by atoms with Crippen LogP contribution in [-0.4, -0.2) is 33.3 Å². The number of carbonyl (C=O) groups excluding carboxylic acids is 1. The second kappa shape index (κ2) is 7.19. The van der Waals surface area contributed by atoms with Gasteiger partial charge >= 0.3 is 5.97 Å². The number of carbonyl (C=O) groups is 2. The van der Waals surface area contributed by atoms with Gasteiger partial charge in [-0.2, -0.15) is 5.10 Å². The lowest BCUT2D eigenvalue weighted by Gasteiger charge is -2.03. The Hall–Kier alpha value is -3.12. The van der Waals surface area contributed by atoms with Crippen LogP contribution in [0.5, 0.6) is 0 Å². The van der Waals surface area contributed by atoms with Gasteiger partial charge in [-0.25, -0.2) is 4.68 Å². The van der Waals surface area contributed by atoms with E-state index in [-0.39, 0.29) is 5.56 Å². The Morgan fingerprint density at radius 2 is 1.88 bits per heavy atom. The van der Waals surface area contributed by atoms with Crippen molar-refractivity contribution < 1.29 is 14.7 Å². The molecule has 0 fully saturated rings. The number of halogens is 1. The Kier molecular flexibility index (Phi) is 4.81. The minimum absolute atomic E-state index is 0.271. The third-order valence-corrected chi connectivity index (χ3v) is 3.71. The van der Waals surface area contributed by atoms with E-state index in [1.165, 1.54) is 0 Å². The predicted molar refractivity (Wildman–Crippen MR) is 94.0 cm³/mol. The van der Waals surface area contributed by atoms with Crippen molar-refractivity contribution in [1.29, 1.82) is 0 Å². The number of nitrogens with one attached hydrogen (secondary N) is 1. The summed E-state index contributed by atoms with van der Waals surface area (Å²) in [6.45, 7) is -0.468. The van der Waals surface area contributed by atoms with Crippen molar-refractivity contribution in [3.05, 3.63) is 71.4 Å². The molecule has 0 unspecified atom stereocenters. The number of hydrogen-bond acceptors (Lipinski definition) is 3. The summed E-state index contributed by atoms with van der Waals surface area (Å²) in [6.07, 6.45) is 1.57. The number of rotatable bonds is 5. The second-order valence-corrected chi connectivity index (χ2v) is 5.69. The summed E-state index contributed by atoms with van der Waals surface area (Å²) in [4.78, 5) is 23.1. The molecule has 0 aliphatic heterocycles. The van der Waals surface area contributed by atoms with Crippen molar-refractivity contribution in [2.24, 2.45) is 0 Å². The molecule has 7 heteroatoms. The molecular weight excluding hydrogens is 342 g/mol. The van der Waals surface area contributed by atoms with Gasteiger partial charge in [0, 0.05) is 16.8 Å². The van der Waals surface area contributed by atoms with Crippen LogP contribution in [0.1, 0.15) is 10.4 Å². The molecule has 0 atom stereocenters. The smallest absolute Gasteiger partial charge is 0.322 e. The van der Waals surface area contributed by atoms with Crippen LogP contribution in [0.2, 0.25) is 5.02 Å². The van der Waals surface area contributed by atoms with Gasteiger partial charge in [0.1, 0.15) is 12.2 Å². The van der Waals surface area contributed by atoms with Gasteiger partial charge in [0.05, 0.1) is 11.3 Å². The fraction of sp³-hybridized carbons (Fsp3) is 0.0556. The van der Waals surface area contributed by atoms with Crippen molar-refractivity contribution in [3.8, 4) is 16.9 Å². The number of benzene rings is 2. The lowest BCUT2D eigenvalue weighted by Crippen LogP contribution is -2.29. The number of amides is 1. The summed E-state index contributed by atoms with van der Waals surface area (Å²) in [5, 5.41) is 16.1. The van der Waals surface area contributed by atoms with Gasteiger partial charge in [-0.1, -0.05) is 41.9 Å². The average molecular weight is 356 g/mol. The quantitative estimate of drug-likeness (QED) is 0.736. The molecule has 0 bridgehead atoms. The molecule has 0 saturated heterocycles. The predicted octanol–water partition coefficient (Wildman–Crippen LogP) is 3.01. The minimum atomic E-state index is -1.12. The van der Waals surface area contributed by atoms with E-state index < -0.39 is 18.4 Å². The number of aliphatic carboxylic acids is 1. The monoisotopic (exact) mass is 355 g/mol. The highest BCUT2D eigenvalue weighted by molar-refractivity contribution is 6.30. The van der Waals surface area contributed by atoms with E-state index in [0.29, 0.717) is 16.3 Å². The zero-order valence-corrected chi connectivity index (χ0v) is 13.8. The third-order valence-electron chi connectivity index (χ3n) is 3.48. The molecule has 1 heterocycles.